The zero-order chi connectivity index (χ0) is 17.8. The summed E-state index contributed by atoms with van der Waals surface area (Å²) in [5.74, 6) is 0.240. The van der Waals surface area contributed by atoms with Gasteiger partial charge in [-0.05, 0) is 75.0 Å². The van der Waals surface area contributed by atoms with Crippen LogP contribution < -0.4 is 0 Å². The molecule has 4 atom stereocenters. The van der Waals surface area contributed by atoms with Crippen LogP contribution in [-0.2, 0) is 0 Å². The minimum absolute atomic E-state index is 0.188. The third-order valence-corrected chi connectivity index (χ3v) is 7.22. The van der Waals surface area contributed by atoms with Crippen molar-refractivity contribution >= 4 is 6.03 Å². The lowest BCUT2D eigenvalue weighted by Gasteiger charge is -2.45. The lowest BCUT2D eigenvalue weighted by atomic mass is 9.85. The number of urea groups is 1. The highest BCUT2D eigenvalue weighted by atomic mass is 19.1. The average Bonchev–Trinajstić information content (AvgIpc) is 3.05. The van der Waals surface area contributed by atoms with Crippen LogP contribution in [0.15, 0.2) is 24.3 Å². The van der Waals surface area contributed by atoms with Crippen LogP contribution in [0.4, 0.5) is 9.18 Å². The number of aliphatic hydroxyl groups is 1. The molecule has 2 amide bonds. The molecular weight excluding hydrogens is 331 g/mol. The second-order valence-electron chi connectivity index (χ2n) is 8.71. The van der Waals surface area contributed by atoms with Gasteiger partial charge in [-0.1, -0.05) is 12.1 Å². The Labute approximate surface area is 154 Å². The maximum absolute atomic E-state index is 13.4. The van der Waals surface area contributed by atoms with Crippen LogP contribution in [0.3, 0.4) is 0 Å². The van der Waals surface area contributed by atoms with Crippen molar-refractivity contribution in [1.82, 2.24) is 9.80 Å². The van der Waals surface area contributed by atoms with Crippen molar-refractivity contribution in [3.8, 4) is 0 Å². The van der Waals surface area contributed by atoms with Gasteiger partial charge in [-0.3, -0.25) is 0 Å². The van der Waals surface area contributed by atoms with Gasteiger partial charge >= 0.3 is 6.03 Å². The second-order valence-corrected chi connectivity index (χ2v) is 8.71. The minimum atomic E-state index is -0.238. The van der Waals surface area contributed by atoms with Crippen molar-refractivity contribution in [3.63, 3.8) is 0 Å². The summed E-state index contributed by atoms with van der Waals surface area (Å²) in [6.07, 6.45) is 7.45. The molecule has 26 heavy (non-hydrogen) atoms. The van der Waals surface area contributed by atoms with Crippen LogP contribution in [-0.4, -0.2) is 51.2 Å². The largest absolute Gasteiger partial charge is 0.393 e. The first-order valence-electron chi connectivity index (χ1n) is 10.1. The fourth-order valence-corrected chi connectivity index (χ4v) is 6.09. The Morgan fingerprint density at radius 1 is 0.846 bits per heavy atom. The summed E-state index contributed by atoms with van der Waals surface area (Å²) in [5.41, 5.74) is 1.21. The number of piperidine rings is 2. The molecule has 0 unspecified atom stereocenters. The first kappa shape index (κ1) is 16.5. The molecule has 4 aliphatic heterocycles. The summed E-state index contributed by atoms with van der Waals surface area (Å²) in [7, 11) is 0. The van der Waals surface area contributed by atoms with Gasteiger partial charge in [0.2, 0.25) is 0 Å². The molecule has 4 bridgehead atoms. The average molecular weight is 358 g/mol. The highest BCUT2D eigenvalue weighted by molar-refractivity contribution is 5.77. The van der Waals surface area contributed by atoms with Crippen molar-refractivity contribution in [2.24, 2.45) is 0 Å². The van der Waals surface area contributed by atoms with E-state index in [0.29, 0.717) is 18.0 Å². The second kappa shape index (κ2) is 6.22. The van der Waals surface area contributed by atoms with E-state index in [1.807, 2.05) is 12.1 Å². The highest BCUT2D eigenvalue weighted by Crippen LogP contribution is 2.45. The van der Waals surface area contributed by atoms with Gasteiger partial charge in [0.25, 0.3) is 0 Å². The van der Waals surface area contributed by atoms with Crippen molar-refractivity contribution in [2.75, 3.05) is 0 Å². The molecule has 5 rings (SSSR count). The summed E-state index contributed by atoms with van der Waals surface area (Å²) in [4.78, 5) is 17.7. The maximum Gasteiger partial charge on any atom is 0.321 e. The number of benzene rings is 1. The molecule has 0 radical (unpaired) electrons. The minimum Gasteiger partial charge on any atom is -0.393 e. The van der Waals surface area contributed by atoms with Gasteiger partial charge in [-0.25, -0.2) is 9.18 Å². The normalized spacial score (nSPS) is 38.7. The number of hydrogen-bond donors (Lipinski definition) is 1. The van der Waals surface area contributed by atoms with E-state index in [0.717, 1.165) is 51.4 Å². The van der Waals surface area contributed by atoms with Gasteiger partial charge in [0.15, 0.2) is 0 Å². The smallest absolute Gasteiger partial charge is 0.321 e. The number of rotatable bonds is 1. The monoisotopic (exact) mass is 358 g/mol. The molecule has 4 heterocycles. The first-order valence-corrected chi connectivity index (χ1v) is 10.1. The molecule has 0 aliphatic carbocycles. The van der Waals surface area contributed by atoms with Gasteiger partial charge in [0.05, 0.1) is 6.10 Å². The first-order chi connectivity index (χ1) is 12.6. The van der Waals surface area contributed by atoms with Gasteiger partial charge in [-0.15, -0.1) is 0 Å². The zero-order valence-corrected chi connectivity index (χ0v) is 15.1. The highest BCUT2D eigenvalue weighted by Gasteiger charge is 2.50. The molecule has 0 spiro atoms. The Hall–Kier alpha value is -1.62. The van der Waals surface area contributed by atoms with E-state index in [2.05, 4.69) is 9.80 Å². The van der Waals surface area contributed by atoms with Crippen LogP contribution in [0.1, 0.15) is 62.8 Å². The lowest BCUT2D eigenvalue weighted by Crippen LogP contribution is -2.57. The Kier molecular flexibility index (Phi) is 3.96. The van der Waals surface area contributed by atoms with Crippen molar-refractivity contribution in [3.05, 3.63) is 35.6 Å². The predicted molar refractivity (Wildman–Crippen MR) is 96.3 cm³/mol. The van der Waals surface area contributed by atoms with Crippen LogP contribution in [0.5, 0.6) is 0 Å². The molecule has 1 aromatic carbocycles. The van der Waals surface area contributed by atoms with E-state index in [9.17, 15) is 14.3 Å². The molecular formula is C21H27FN2O2. The fourth-order valence-electron chi connectivity index (χ4n) is 6.09. The Morgan fingerprint density at radius 2 is 1.31 bits per heavy atom. The predicted octanol–water partition coefficient (Wildman–Crippen LogP) is 3.64. The van der Waals surface area contributed by atoms with Crippen LogP contribution in [0, 0.1) is 5.82 Å². The van der Waals surface area contributed by atoms with Gasteiger partial charge in [0.1, 0.15) is 5.82 Å². The van der Waals surface area contributed by atoms with Crippen molar-refractivity contribution in [2.45, 2.75) is 87.6 Å². The molecule has 4 fully saturated rings. The van der Waals surface area contributed by atoms with E-state index >= 15 is 0 Å². The SMILES string of the molecule is O=C(N1[C@@H]2CC[C@@H]1CC(O)C2)N1[C@@H]2CC[C@@H]1CC(c1ccc(F)cc1)C2. The van der Waals surface area contributed by atoms with E-state index in [1.54, 1.807) is 12.1 Å². The molecule has 1 aromatic rings. The number of carbonyl (C=O) groups is 1. The Bertz CT molecular complexity index is 666. The van der Waals surface area contributed by atoms with Crippen LogP contribution in [0.25, 0.3) is 0 Å². The van der Waals surface area contributed by atoms with E-state index in [1.165, 1.54) is 5.56 Å². The summed E-state index contributed by atoms with van der Waals surface area (Å²) in [5, 5.41) is 10.0. The lowest BCUT2D eigenvalue weighted by molar-refractivity contribution is 0.0314. The van der Waals surface area contributed by atoms with E-state index in [-0.39, 0.29) is 30.0 Å². The van der Waals surface area contributed by atoms with Gasteiger partial charge in [0, 0.05) is 24.2 Å². The molecule has 0 saturated carbocycles. The maximum atomic E-state index is 13.4. The van der Waals surface area contributed by atoms with E-state index in [4.69, 9.17) is 0 Å². The quantitative estimate of drug-likeness (QED) is 0.833. The molecule has 1 N–H and O–H groups in total. The molecule has 0 aromatic heterocycles. The van der Waals surface area contributed by atoms with Gasteiger partial charge < -0.3 is 14.9 Å². The number of fused-ring (bicyclic) bond motifs is 4. The Morgan fingerprint density at radius 3 is 1.81 bits per heavy atom. The molecule has 4 nitrogen and oxygen atoms in total. The van der Waals surface area contributed by atoms with Crippen LogP contribution in [0.2, 0.25) is 0 Å². The molecule has 4 aliphatic rings. The summed E-state index contributed by atoms with van der Waals surface area (Å²) >= 11 is 0. The topological polar surface area (TPSA) is 43.8 Å². The van der Waals surface area contributed by atoms with Gasteiger partial charge in [-0.2, -0.15) is 0 Å². The number of nitrogens with zero attached hydrogens (tertiary/aromatic N) is 2. The zero-order valence-electron chi connectivity index (χ0n) is 15.1. The summed E-state index contributed by atoms with van der Waals surface area (Å²) in [6.45, 7) is 0. The standard InChI is InChI=1S/C21H27FN2O2/c22-15-3-1-13(2-4-15)14-9-16-5-6-17(10-14)23(16)21(26)24-18-7-8-19(24)12-20(25)11-18/h1-4,14,16-20,25H,5-12H2/t16-,17-,18-,19-/m1/s1. The summed E-state index contributed by atoms with van der Waals surface area (Å²) in [6, 6.07) is 8.19. The number of halogens is 1. The molecule has 4 saturated heterocycles. The van der Waals surface area contributed by atoms with E-state index < -0.39 is 0 Å². The third kappa shape index (κ3) is 2.63. The number of aliphatic hydroxyl groups excluding tert-OH is 1. The molecule has 5 heteroatoms. The summed E-state index contributed by atoms with van der Waals surface area (Å²) < 4.78 is 13.2. The third-order valence-electron chi connectivity index (χ3n) is 7.22. The number of hydrogen-bond acceptors (Lipinski definition) is 2. The number of amides is 2. The molecule has 140 valence electrons. The van der Waals surface area contributed by atoms with Crippen molar-refractivity contribution in [1.29, 1.82) is 0 Å². The number of carbonyl (C=O) groups excluding carboxylic acids is 1. The van der Waals surface area contributed by atoms with Crippen molar-refractivity contribution < 1.29 is 14.3 Å². The fraction of sp³-hybridized carbons (Fsp3) is 0.667. The van der Waals surface area contributed by atoms with Crippen LogP contribution >= 0.6 is 0 Å². The Balaban J connectivity index is 1.33.